The zero-order valence-corrected chi connectivity index (χ0v) is 8.52. The largest absolute Gasteiger partial charge is 3.00 e. The molecule has 0 spiro atoms. The molecule has 0 atom stereocenters. The van der Waals surface area contributed by atoms with Crippen LogP contribution >= 0.6 is 0 Å². The van der Waals surface area contributed by atoms with Crippen LogP contribution in [0.15, 0.2) is 0 Å². The summed E-state index contributed by atoms with van der Waals surface area (Å²) in [5.74, 6) is 0. The maximum absolute atomic E-state index is 8.94. The number of rotatable bonds is 0. The van der Waals surface area contributed by atoms with Gasteiger partial charge < -0.3 is 47.4 Å². The number of hydroxylamine groups is 3. The van der Waals surface area contributed by atoms with E-state index in [1.165, 1.54) is 0 Å². The molecule has 0 heterocycles. The van der Waals surface area contributed by atoms with Crippen LogP contribution in [0.2, 0.25) is 0 Å². The standard InChI is InChI=1S/3CH2NO3.Al/c3*3-1(4)2-5;/h3*2H,(H,3,4);/q3*-1;+3. The average Bonchev–Trinajstić information content (AvgIpc) is 2.19. The van der Waals surface area contributed by atoms with E-state index in [4.69, 9.17) is 45.3 Å². The Morgan fingerprint density at radius 2 is 0.750 bits per heavy atom. The van der Waals surface area contributed by atoms with Crippen LogP contribution in [0.4, 0.5) is 14.4 Å². The van der Waals surface area contributed by atoms with Gasteiger partial charge in [-0.05, 0) is 0 Å². The van der Waals surface area contributed by atoms with Crippen molar-refractivity contribution in [1.82, 2.24) is 16.4 Å². The number of hydrogen-bond donors (Lipinski definition) is 6. The van der Waals surface area contributed by atoms with Gasteiger partial charge in [0.2, 0.25) is 0 Å². The van der Waals surface area contributed by atoms with E-state index in [0.29, 0.717) is 16.4 Å². The quantitative estimate of drug-likeness (QED) is 0.227. The summed E-state index contributed by atoms with van der Waals surface area (Å²) in [6, 6.07) is 0. The average molecular weight is 255 g/mol. The van der Waals surface area contributed by atoms with Crippen LogP contribution in [0.25, 0.3) is 0 Å². The van der Waals surface area contributed by atoms with Gasteiger partial charge in [-0.3, -0.25) is 0 Å². The summed E-state index contributed by atoms with van der Waals surface area (Å²) in [4.78, 5) is 26.8. The number of amides is 3. The molecule has 16 heavy (non-hydrogen) atoms. The fraction of sp³-hybridized carbons (Fsp3) is 0. The molecular formula is C3H6AlN3O9. The molecule has 12 nitrogen and oxygen atoms in total. The normalized spacial score (nSPS) is 6.19. The first-order chi connectivity index (χ1) is 6.81. The minimum absolute atomic E-state index is 0. The third kappa shape index (κ3) is 86.3. The van der Waals surface area contributed by atoms with Gasteiger partial charge in [0.1, 0.15) is 0 Å². The van der Waals surface area contributed by atoms with Gasteiger partial charge in [-0.15, -0.1) is 0 Å². The molecule has 0 aromatic heterocycles. The number of carbonyl (C=O) groups is 3. The van der Waals surface area contributed by atoms with Crippen LogP contribution in [0, 0.1) is 15.6 Å². The van der Waals surface area contributed by atoms with E-state index in [-0.39, 0.29) is 17.4 Å². The van der Waals surface area contributed by atoms with Crippen LogP contribution in [0.5, 0.6) is 0 Å². The Hall–Kier alpha value is -1.78. The Labute approximate surface area is 98.1 Å². The second-order valence-corrected chi connectivity index (χ2v) is 1.22. The fourth-order valence-electron chi connectivity index (χ4n) is 0. The van der Waals surface area contributed by atoms with E-state index >= 15 is 0 Å². The number of carboxylic acid groups (broad SMARTS) is 3. The third-order valence-electron chi connectivity index (χ3n) is 0.262. The molecule has 0 unspecified atom stereocenters. The third-order valence-corrected chi connectivity index (χ3v) is 0.262. The van der Waals surface area contributed by atoms with Crippen LogP contribution in [-0.4, -0.2) is 51.0 Å². The summed E-state index contributed by atoms with van der Waals surface area (Å²) in [5, 5.41) is 48.2. The van der Waals surface area contributed by atoms with Gasteiger partial charge >= 0.3 is 35.6 Å². The Bertz CT molecular complexity index is 165. The molecule has 6 N–H and O–H groups in total. The van der Waals surface area contributed by atoms with E-state index in [9.17, 15) is 0 Å². The SMILES string of the molecule is O=C(O)N[O-].O=C(O)N[O-].O=C(O)N[O-].[Al+3]. The zero-order chi connectivity index (χ0) is 12.9. The van der Waals surface area contributed by atoms with Gasteiger partial charge in [-0.25, -0.2) is 14.4 Å². The second kappa shape index (κ2) is 18.9. The summed E-state index contributed by atoms with van der Waals surface area (Å²) in [6.07, 6.45) is -4.65. The Morgan fingerprint density at radius 1 is 0.688 bits per heavy atom. The van der Waals surface area contributed by atoms with Gasteiger partial charge in [-0.1, -0.05) is 0 Å². The molecule has 90 valence electrons. The monoisotopic (exact) mass is 255 g/mol. The van der Waals surface area contributed by atoms with Crippen molar-refractivity contribution in [2.45, 2.75) is 0 Å². The molecule has 0 aromatic carbocycles. The van der Waals surface area contributed by atoms with Crippen molar-refractivity contribution in [3.8, 4) is 0 Å². The molecule has 0 saturated heterocycles. The van der Waals surface area contributed by atoms with E-state index < -0.39 is 18.3 Å². The van der Waals surface area contributed by atoms with E-state index in [0.717, 1.165) is 0 Å². The molecule has 0 fully saturated rings. The molecule has 0 bridgehead atoms. The Kier molecular flexibility index (Phi) is 28.1. The molecule has 0 rings (SSSR count). The van der Waals surface area contributed by atoms with Crippen molar-refractivity contribution in [2.24, 2.45) is 0 Å². The van der Waals surface area contributed by atoms with Crippen molar-refractivity contribution in [2.75, 3.05) is 0 Å². The molecule has 3 amide bonds. The number of hydrogen-bond acceptors (Lipinski definition) is 6. The molecule has 0 radical (unpaired) electrons. The summed E-state index contributed by atoms with van der Waals surface area (Å²) in [7, 11) is 0. The smallest absolute Gasteiger partial charge is 0.756 e. The van der Waals surface area contributed by atoms with Crippen molar-refractivity contribution in [3.63, 3.8) is 0 Å². The van der Waals surface area contributed by atoms with Crippen molar-refractivity contribution < 1.29 is 29.7 Å². The zero-order valence-electron chi connectivity index (χ0n) is 7.37. The van der Waals surface area contributed by atoms with E-state index in [1.54, 1.807) is 0 Å². The molecule has 0 aliphatic rings. The fourth-order valence-corrected chi connectivity index (χ4v) is 0. The van der Waals surface area contributed by atoms with E-state index in [1.807, 2.05) is 0 Å². The molecule has 13 heteroatoms. The summed E-state index contributed by atoms with van der Waals surface area (Å²) >= 11 is 0. The van der Waals surface area contributed by atoms with Gasteiger partial charge in [0.15, 0.2) is 0 Å². The molecule has 0 saturated carbocycles. The van der Waals surface area contributed by atoms with Gasteiger partial charge in [0.25, 0.3) is 0 Å². The van der Waals surface area contributed by atoms with Gasteiger partial charge in [0, 0.05) is 0 Å². The molecule has 0 aliphatic heterocycles. The van der Waals surface area contributed by atoms with Gasteiger partial charge in [-0.2, -0.15) is 0 Å². The van der Waals surface area contributed by atoms with Crippen molar-refractivity contribution in [3.05, 3.63) is 15.6 Å². The first-order valence-corrected chi connectivity index (χ1v) is 2.65. The summed E-state index contributed by atoms with van der Waals surface area (Å²) < 4.78 is 0. The Morgan fingerprint density at radius 3 is 0.750 bits per heavy atom. The maximum Gasteiger partial charge on any atom is 3.00 e. The predicted octanol–water partition coefficient (Wildman–Crippen LogP) is -1.13. The summed E-state index contributed by atoms with van der Waals surface area (Å²) in [5.41, 5.74) is 2.08. The van der Waals surface area contributed by atoms with Crippen LogP contribution in [-0.2, 0) is 0 Å². The maximum atomic E-state index is 8.94. The van der Waals surface area contributed by atoms with Gasteiger partial charge in [0.05, 0.1) is 0 Å². The first-order valence-electron chi connectivity index (χ1n) is 2.65. The molecular weight excluding hydrogens is 249 g/mol. The minimum atomic E-state index is -1.55. The molecule has 0 aliphatic carbocycles. The van der Waals surface area contributed by atoms with Crippen LogP contribution < -0.4 is 16.4 Å². The van der Waals surface area contributed by atoms with Crippen molar-refractivity contribution in [1.29, 1.82) is 0 Å². The number of nitrogens with one attached hydrogen (secondary N) is 3. The topological polar surface area (TPSA) is 217 Å². The second-order valence-electron chi connectivity index (χ2n) is 1.22. The van der Waals surface area contributed by atoms with Crippen LogP contribution in [0.1, 0.15) is 0 Å². The summed E-state index contributed by atoms with van der Waals surface area (Å²) in [6.45, 7) is 0. The minimum Gasteiger partial charge on any atom is -0.756 e. The van der Waals surface area contributed by atoms with Crippen molar-refractivity contribution >= 4 is 35.6 Å². The first kappa shape index (κ1) is 23.8. The molecule has 0 aromatic rings. The predicted molar refractivity (Wildman–Crippen MR) is 49.3 cm³/mol. The Balaban J connectivity index is -0.0000000655. The van der Waals surface area contributed by atoms with E-state index in [2.05, 4.69) is 0 Å². The van der Waals surface area contributed by atoms with Crippen LogP contribution in [0.3, 0.4) is 0 Å².